The van der Waals surface area contributed by atoms with Gasteiger partial charge in [0.05, 0.1) is 5.69 Å². The second-order valence-corrected chi connectivity index (χ2v) is 9.85. The van der Waals surface area contributed by atoms with E-state index in [0.717, 1.165) is 17.5 Å². The van der Waals surface area contributed by atoms with Crippen LogP contribution in [0.15, 0.2) is 36.5 Å². The number of benzene rings is 1. The van der Waals surface area contributed by atoms with E-state index in [4.69, 9.17) is 0 Å². The highest BCUT2D eigenvalue weighted by Crippen LogP contribution is 2.39. The quantitative estimate of drug-likeness (QED) is 0.467. The molecule has 0 radical (unpaired) electrons. The summed E-state index contributed by atoms with van der Waals surface area (Å²) in [5.41, 5.74) is 3.90. The van der Waals surface area contributed by atoms with Crippen LogP contribution in [0.4, 0.5) is 4.39 Å². The van der Waals surface area contributed by atoms with Crippen molar-refractivity contribution in [2.24, 2.45) is 11.8 Å². The second-order valence-electron chi connectivity index (χ2n) is 9.85. The van der Waals surface area contributed by atoms with Gasteiger partial charge in [-0.25, -0.2) is 4.39 Å². The minimum absolute atomic E-state index is 0.120. The first-order valence-electron chi connectivity index (χ1n) is 12.4. The Morgan fingerprint density at radius 1 is 0.800 bits per heavy atom. The number of hydrogen-bond acceptors (Lipinski definition) is 1. The first-order valence-corrected chi connectivity index (χ1v) is 12.4. The van der Waals surface area contributed by atoms with Crippen LogP contribution in [0.3, 0.4) is 0 Å². The average Bonchev–Trinajstić information content (AvgIpc) is 2.80. The highest BCUT2D eigenvalue weighted by atomic mass is 19.1. The van der Waals surface area contributed by atoms with Crippen LogP contribution in [0.2, 0.25) is 0 Å². The van der Waals surface area contributed by atoms with Crippen molar-refractivity contribution in [1.29, 1.82) is 0 Å². The van der Waals surface area contributed by atoms with Gasteiger partial charge in [-0.2, -0.15) is 0 Å². The van der Waals surface area contributed by atoms with Crippen molar-refractivity contribution in [3.05, 3.63) is 53.5 Å². The van der Waals surface area contributed by atoms with Gasteiger partial charge in [0.15, 0.2) is 0 Å². The van der Waals surface area contributed by atoms with Crippen LogP contribution in [0.1, 0.15) is 107 Å². The maximum Gasteiger partial charge on any atom is 0.132 e. The highest BCUT2D eigenvalue weighted by molar-refractivity contribution is 5.60. The number of halogens is 1. The molecule has 162 valence electrons. The Hall–Kier alpha value is -1.70. The summed E-state index contributed by atoms with van der Waals surface area (Å²) in [5.74, 6) is 2.82. The zero-order valence-electron chi connectivity index (χ0n) is 18.9. The largest absolute Gasteiger partial charge is 0.256 e. The maximum absolute atomic E-state index is 15.0. The van der Waals surface area contributed by atoms with Crippen molar-refractivity contribution < 1.29 is 4.39 Å². The van der Waals surface area contributed by atoms with Crippen molar-refractivity contribution in [1.82, 2.24) is 4.98 Å². The summed E-state index contributed by atoms with van der Waals surface area (Å²) in [6.07, 6.45) is 16.2. The molecular formula is C28H38FN. The van der Waals surface area contributed by atoms with Crippen LogP contribution in [-0.4, -0.2) is 4.98 Å². The van der Waals surface area contributed by atoms with E-state index in [1.165, 1.54) is 81.8 Å². The van der Waals surface area contributed by atoms with Gasteiger partial charge in [0.1, 0.15) is 5.82 Å². The number of hydrogen-bond donors (Lipinski definition) is 0. The van der Waals surface area contributed by atoms with Crippen LogP contribution in [-0.2, 0) is 0 Å². The van der Waals surface area contributed by atoms with Crippen molar-refractivity contribution in [2.45, 2.75) is 96.3 Å². The fourth-order valence-corrected chi connectivity index (χ4v) is 5.90. The molecule has 0 spiro atoms. The number of aromatic nitrogens is 1. The van der Waals surface area contributed by atoms with E-state index >= 15 is 0 Å². The Kier molecular flexibility index (Phi) is 7.23. The molecule has 2 saturated carbocycles. The smallest absolute Gasteiger partial charge is 0.132 e. The van der Waals surface area contributed by atoms with Crippen LogP contribution < -0.4 is 0 Å². The third-order valence-corrected chi connectivity index (χ3v) is 7.97. The molecule has 4 rings (SSSR count). The van der Waals surface area contributed by atoms with E-state index in [1.807, 2.05) is 18.3 Å². The summed E-state index contributed by atoms with van der Waals surface area (Å²) < 4.78 is 15.0. The number of nitrogens with zero attached hydrogens (tertiary/aromatic N) is 1. The van der Waals surface area contributed by atoms with Crippen molar-refractivity contribution >= 4 is 0 Å². The lowest BCUT2D eigenvalue weighted by Gasteiger charge is -2.28. The Morgan fingerprint density at radius 3 is 2.00 bits per heavy atom. The molecule has 0 amide bonds. The zero-order chi connectivity index (χ0) is 20.9. The van der Waals surface area contributed by atoms with Crippen LogP contribution in [0.25, 0.3) is 11.3 Å². The van der Waals surface area contributed by atoms with E-state index in [1.54, 1.807) is 6.07 Å². The Bertz CT molecular complexity index is 796. The molecule has 1 heterocycles. The summed E-state index contributed by atoms with van der Waals surface area (Å²) in [6.45, 7) is 4.58. The summed E-state index contributed by atoms with van der Waals surface area (Å²) in [7, 11) is 0. The Labute approximate surface area is 182 Å². The molecule has 0 atom stereocenters. The van der Waals surface area contributed by atoms with Crippen molar-refractivity contribution in [3.8, 4) is 11.3 Å². The van der Waals surface area contributed by atoms with Gasteiger partial charge >= 0.3 is 0 Å². The summed E-state index contributed by atoms with van der Waals surface area (Å²) in [6, 6.07) is 10.1. The van der Waals surface area contributed by atoms with Crippen molar-refractivity contribution in [2.75, 3.05) is 0 Å². The first-order chi connectivity index (χ1) is 14.7. The Morgan fingerprint density at radius 2 is 1.43 bits per heavy atom. The minimum atomic E-state index is -0.120. The van der Waals surface area contributed by atoms with Gasteiger partial charge < -0.3 is 0 Å². The molecule has 0 aliphatic heterocycles. The minimum Gasteiger partial charge on any atom is -0.256 e. The van der Waals surface area contributed by atoms with E-state index in [-0.39, 0.29) is 5.82 Å². The van der Waals surface area contributed by atoms with Gasteiger partial charge in [0.2, 0.25) is 0 Å². The molecule has 0 saturated heterocycles. The van der Waals surface area contributed by atoms with Gasteiger partial charge in [-0.1, -0.05) is 45.2 Å². The highest BCUT2D eigenvalue weighted by Gasteiger charge is 2.23. The lowest BCUT2D eigenvalue weighted by atomic mass is 9.77. The molecule has 2 heteroatoms. The van der Waals surface area contributed by atoms with Gasteiger partial charge in [0.25, 0.3) is 0 Å². The maximum atomic E-state index is 15.0. The lowest BCUT2D eigenvalue weighted by Crippen LogP contribution is -2.13. The molecule has 1 aromatic carbocycles. The summed E-state index contributed by atoms with van der Waals surface area (Å²) in [5, 5.41) is 0. The normalized spacial score (nSPS) is 27.2. The molecular weight excluding hydrogens is 369 g/mol. The van der Waals surface area contributed by atoms with Crippen molar-refractivity contribution in [3.63, 3.8) is 0 Å². The van der Waals surface area contributed by atoms with Gasteiger partial charge in [-0.3, -0.25) is 4.98 Å². The third-order valence-electron chi connectivity index (χ3n) is 7.97. The fraction of sp³-hybridized carbons (Fsp3) is 0.607. The predicted octanol–water partition coefficient (Wildman–Crippen LogP) is 8.65. The fourth-order valence-electron chi connectivity index (χ4n) is 5.90. The predicted molar refractivity (Wildman–Crippen MR) is 124 cm³/mol. The topological polar surface area (TPSA) is 12.9 Å². The van der Waals surface area contributed by atoms with E-state index < -0.39 is 0 Å². The van der Waals surface area contributed by atoms with Gasteiger partial charge in [0, 0.05) is 11.8 Å². The Balaban J connectivity index is 1.41. The average molecular weight is 408 g/mol. The van der Waals surface area contributed by atoms with Crippen LogP contribution in [0.5, 0.6) is 0 Å². The SMILES string of the molecule is CCCC1CCC(c2ccc(-c3ccc(C4CCC(CC)CC4)cc3F)nc2)CC1. The van der Waals surface area contributed by atoms with Gasteiger partial charge in [-0.05, 0) is 104 Å². The molecule has 2 fully saturated rings. The molecule has 2 aromatic rings. The monoisotopic (exact) mass is 407 g/mol. The molecule has 1 nitrogen and oxygen atoms in total. The van der Waals surface area contributed by atoms with Crippen LogP contribution >= 0.6 is 0 Å². The molecule has 0 N–H and O–H groups in total. The van der Waals surface area contributed by atoms with Crippen LogP contribution in [0, 0.1) is 17.7 Å². The standard InChI is InChI=1S/C28H38FN/c1-3-5-21-8-12-23(13-9-21)25-15-17-28(30-19-25)26-16-14-24(18-27(26)29)22-10-6-20(4-2)7-11-22/h14-23H,3-13H2,1-2H3. The first kappa shape index (κ1) is 21.5. The molecule has 30 heavy (non-hydrogen) atoms. The number of pyridine rings is 1. The molecule has 2 aliphatic carbocycles. The summed E-state index contributed by atoms with van der Waals surface area (Å²) in [4.78, 5) is 4.66. The summed E-state index contributed by atoms with van der Waals surface area (Å²) >= 11 is 0. The lowest BCUT2D eigenvalue weighted by molar-refractivity contribution is 0.308. The third kappa shape index (κ3) is 4.95. The van der Waals surface area contributed by atoms with E-state index in [2.05, 4.69) is 31.0 Å². The second kappa shape index (κ2) is 10.1. The van der Waals surface area contributed by atoms with E-state index in [9.17, 15) is 4.39 Å². The molecule has 0 unspecified atom stereocenters. The molecule has 1 aromatic heterocycles. The molecule has 0 bridgehead atoms. The zero-order valence-corrected chi connectivity index (χ0v) is 18.9. The number of rotatable bonds is 6. The molecule has 2 aliphatic rings. The van der Waals surface area contributed by atoms with Gasteiger partial charge in [-0.15, -0.1) is 0 Å². The van der Waals surface area contributed by atoms with E-state index in [0.29, 0.717) is 17.4 Å².